The Bertz CT molecular complexity index is 654. The van der Waals surface area contributed by atoms with E-state index in [0.29, 0.717) is 10.8 Å². The molecular formula is C16H15ClO3. The average Bonchev–Trinajstić information content (AvgIpc) is 2.77. The van der Waals surface area contributed by atoms with Crippen LogP contribution in [0.15, 0.2) is 36.4 Å². The lowest BCUT2D eigenvalue weighted by Crippen LogP contribution is -2.07. The molecule has 0 saturated carbocycles. The molecule has 0 fully saturated rings. The molecule has 1 N–H and O–H groups in total. The molecule has 0 aliphatic carbocycles. The fourth-order valence-corrected chi connectivity index (χ4v) is 2.79. The molecule has 20 heavy (non-hydrogen) atoms. The molecule has 3 rings (SSSR count). The summed E-state index contributed by atoms with van der Waals surface area (Å²) in [5.41, 5.74) is 2.08. The first-order valence-electron chi connectivity index (χ1n) is 6.43. The lowest BCUT2D eigenvalue weighted by atomic mass is 9.93. The molecule has 3 nitrogen and oxygen atoms in total. The van der Waals surface area contributed by atoms with Crippen molar-refractivity contribution in [1.29, 1.82) is 0 Å². The average molecular weight is 291 g/mol. The van der Waals surface area contributed by atoms with Crippen LogP contribution in [0.25, 0.3) is 0 Å². The van der Waals surface area contributed by atoms with Crippen molar-refractivity contribution in [1.82, 2.24) is 0 Å². The van der Waals surface area contributed by atoms with Crippen LogP contribution in [-0.4, -0.2) is 12.2 Å². The van der Waals surface area contributed by atoms with Crippen LogP contribution in [0, 0.1) is 0 Å². The van der Waals surface area contributed by atoms with Gasteiger partial charge in [0.2, 0.25) is 0 Å². The number of hydrogen-bond donors (Lipinski definition) is 1. The van der Waals surface area contributed by atoms with Crippen molar-refractivity contribution in [2.75, 3.05) is 7.11 Å². The lowest BCUT2D eigenvalue weighted by Gasteiger charge is -2.17. The number of methoxy groups -OCH3 is 1. The van der Waals surface area contributed by atoms with Gasteiger partial charge in [0.05, 0.1) is 7.11 Å². The summed E-state index contributed by atoms with van der Waals surface area (Å²) in [6, 6.07) is 11.0. The minimum atomic E-state index is -0.0991. The maximum Gasteiger partial charge on any atom is 0.160 e. The highest BCUT2D eigenvalue weighted by atomic mass is 35.5. The third kappa shape index (κ3) is 2.08. The highest BCUT2D eigenvalue weighted by molar-refractivity contribution is 6.30. The van der Waals surface area contributed by atoms with Crippen LogP contribution in [0.1, 0.15) is 30.1 Å². The van der Waals surface area contributed by atoms with E-state index in [0.717, 1.165) is 16.9 Å². The highest BCUT2D eigenvalue weighted by Gasteiger charge is 2.32. The second-order valence-electron chi connectivity index (χ2n) is 4.94. The van der Waals surface area contributed by atoms with Crippen LogP contribution >= 0.6 is 11.6 Å². The predicted octanol–water partition coefficient (Wildman–Crippen LogP) is 4.29. The van der Waals surface area contributed by atoms with Crippen molar-refractivity contribution in [3.63, 3.8) is 0 Å². The summed E-state index contributed by atoms with van der Waals surface area (Å²) in [5.74, 6) is 1.63. The van der Waals surface area contributed by atoms with Gasteiger partial charge in [-0.25, -0.2) is 0 Å². The molecule has 0 saturated heterocycles. The Morgan fingerprint density at radius 1 is 1.20 bits per heavy atom. The SMILES string of the molecule is COc1cc([C@H]2Oc3ccc(Cl)cc3[C@@H]2C)ccc1O. The second kappa shape index (κ2) is 4.91. The van der Waals surface area contributed by atoms with Gasteiger partial charge < -0.3 is 14.6 Å². The number of phenolic OH excluding ortho intramolecular Hbond substituents is 1. The van der Waals surface area contributed by atoms with Gasteiger partial charge in [-0.1, -0.05) is 24.6 Å². The molecule has 0 radical (unpaired) electrons. The van der Waals surface area contributed by atoms with Crippen molar-refractivity contribution >= 4 is 11.6 Å². The van der Waals surface area contributed by atoms with Gasteiger partial charge in [0.15, 0.2) is 11.5 Å². The van der Waals surface area contributed by atoms with Gasteiger partial charge in [0.25, 0.3) is 0 Å². The number of halogens is 1. The minimum Gasteiger partial charge on any atom is -0.504 e. The monoisotopic (exact) mass is 290 g/mol. The van der Waals surface area contributed by atoms with Crippen molar-refractivity contribution in [2.45, 2.75) is 18.9 Å². The normalized spacial score (nSPS) is 20.4. The van der Waals surface area contributed by atoms with Crippen molar-refractivity contribution in [2.24, 2.45) is 0 Å². The molecule has 104 valence electrons. The summed E-state index contributed by atoms with van der Waals surface area (Å²) in [5, 5.41) is 10.4. The van der Waals surface area contributed by atoms with E-state index in [-0.39, 0.29) is 17.8 Å². The van der Waals surface area contributed by atoms with Gasteiger partial charge in [-0.3, -0.25) is 0 Å². The first-order chi connectivity index (χ1) is 9.60. The smallest absolute Gasteiger partial charge is 0.160 e. The number of fused-ring (bicyclic) bond motifs is 1. The number of phenols is 1. The number of rotatable bonds is 2. The van der Waals surface area contributed by atoms with E-state index >= 15 is 0 Å². The fourth-order valence-electron chi connectivity index (χ4n) is 2.61. The van der Waals surface area contributed by atoms with E-state index in [9.17, 15) is 5.11 Å². The highest BCUT2D eigenvalue weighted by Crippen LogP contribution is 2.47. The molecular weight excluding hydrogens is 276 g/mol. The van der Waals surface area contributed by atoms with Crippen molar-refractivity contribution < 1.29 is 14.6 Å². The summed E-state index contributed by atoms with van der Waals surface area (Å²) in [6.45, 7) is 2.10. The lowest BCUT2D eigenvalue weighted by molar-refractivity contribution is 0.215. The summed E-state index contributed by atoms with van der Waals surface area (Å²) >= 11 is 6.04. The number of benzene rings is 2. The zero-order valence-electron chi connectivity index (χ0n) is 11.3. The fraction of sp³-hybridized carbons (Fsp3) is 0.250. The maximum absolute atomic E-state index is 9.67. The van der Waals surface area contributed by atoms with Gasteiger partial charge in [0, 0.05) is 16.5 Å². The molecule has 0 amide bonds. The predicted molar refractivity (Wildman–Crippen MR) is 77.9 cm³/mol. The molecule has 2 aromatic carbocycles. The molecule has 1 aliphatic rings. The van der Waals surface area contributed by atoms with Crippen LogP contribution in [0.2, 0.25) is 5.02 Å². The molecule has 0 bridgehead atoms. The summed E-state index contributed by atoms with van der Waals surface area (Å²) in [4.78, 5) is 0. The Hall–Kier alpha value is -1.87. The topological polar surface area (TPSA) is 38.7 Å². The van der Waals surface area contributed by atoms with Gasteiger partial charge in [0.1, 0.15) is 11.9 Å². The Morgan fingerprint density at radius 3 is 2.75 bits per heavy atom. The van der Waals surface area contributed by atoms with Crippen LogP contribution in [0.3, 0.4) is 0 Å². The molecule has 1 aliphatic heterocycles. The molecule has 0 spiro atoms. The third-order valence-electron chi connectivity index (χ3n) is 3.70. The zero-order valence-corrected chi connectivity index (χ0v) is 12.0. The summed E-state index contributed by atoms with van der Waals surface area (Å²) in [6.07, 6.45) is -0.0991. The minimum absolute atomic E-state index is 0.0991. The number of hydrogen-bond acceptors (Lipinski definition) is 3. The van der Waals surface area contributed by atoms with E-state index in [2.05, 4.69) is 6.92 Å². The Labute approximate surface area is 122 Å². The van der Waals surface area contributed by atoms with Crippen molar-refractivity contribution in [3.05, 3.63) is 52.5 Å². The Morgan fingerprint density at radius 2 is 2.00 bits per heavy atom. The zero-order chi connectivity index (χ0) is 14.3. The number of ether oxygens (including phenoxy) is 2. The van der Waals surface area contributed by atoms with E-state index in [1.165, 1.54) is 7.11 Å². The number of aromatic hydroxyl groups is 1. The molecule has 4 heteroatoms. The largest absolute Gasteiger partial charge is 0.504 e. The van der Waals surface area contributed by atoms with E-state index < -0.39 is 0 Å². The first kappa shape index (κ1) is 13.1. The standard InChI is InChI=1S/C16H15ClO3/c1-9-12-8-11(17)4-6-14(12)20-16(9)10-3-5-13(18)15(7-10)19-2/h3-9,16,18H,1-2H3/t9-,16-/m0/s1. The van der Waals surface area contributed by atoms with Crippen LogP contribution < -0.4 is 9.47 Å². The molecule has 2 aromatic rings. The van der Waals surface area contributed by atoms with Gasteiger partial charge >= 0.3 is 0 Å². The van der Waals surface area contributed by atoms with Crippen LogP contribution in [0.4, 0.5) is 0 Å². The third-order valence-corrected chi connectivity index (χ3v) is 3.94. The van der Waals surface area contributed by atoms with Crippen LogP contribution in [-0.2, 0) is 0 Å². The molecule has 0 unspecified atom stereocenters. The van der Waals surface area contributed by atoms with E-state index in [1.807, 2.05) is 30.3 Å². The Balaban J connectivity index is 1.97. The molecule has 2 atom stereocenters. The second-order valence-corrected chi connectivity index (χ2v) is 5.38. The van der Waals surface area contributed by atoms with Crippen LogP contribution in [0.5, 0.6) is 17.2 Å². The van der Waals surface area contributed by atoms with Gasteiger partial charge in [-0.15, -0.1) is 0 Å². The van der Waals surface area contributed by atoms with E-state index in [1.54, 1.807) is 6.07 Å². The maximum atomic E-state index is 9.67. The molecule has 1 heterocycles. The summed E-state index contributed by atoms with van der Waals surface area (Å²) < 4.78 is 11.2. The van der Waals surface area contributed by atoms with E-state index in [4.69, 9.17) is 21.1 Å². The molecule has 0 aromatic heterocycles. The van der Waals surface area contributed by atoms with Crippen molar-refractivity contribution in [3.8, 4) is 17.2 Å². The first-order valence-corrected chi connectivity index (χ1v) is 6.81. The van der Waals surface area contributed by atoms with Gasteiger partial charge in [-0.05, 0) is 35.9 Å². The summed E-state index contributed by atoms with van der Waals surface area (Å²) in [7, 11) is 1.53. The Kier molecular flexibility index (Phi) is 3.22. The van der Waals surface area contributed by atoms with Gasteiger partial charge in [-0.2, -0.15) is 0 Å². The quantitative estimate of drug-likeness (QED) is 0.896.